The van der Waals surface area contributed by atoms with Crippen LogP contribution in [0.3, 0.4) is 0 Å². The van der Waals surface area contributed by atoms with Crippen LogP contribution in [0.25, 0.3) is 5.57 Å². The number of nitrogens with zero attached hydrogens (tertiary/aromatic N) is 1. The number of aryl methyl sites for hydroxylation is 1. The molecule has 0 atom stereocenters. The van der Waals surface area contributed by atoms with Crippen LogP contribution < -0.4 is 0 Å². The van der Waals surface area contributed by atoms with E-state index in [-0.39, 0.29) is 0 Å². The van der Waals surface area contributed by atoms with Gasteiger partial charge in [-0.25, -0.2) is 0 Å². The summed E-state index contributed by atoms with van der Waals surface area (Å²) in [5, 5.41) is 0. The summed E-state index contributed by atoms with van der Waals surface area (Å²) >= 11 is 0. The van der Waals surface area contributed by atoms with Gasteiger partial charge in [0.1, 0.15) is 0 Å². The van der Waals surface area contributed by atoms with Crippen LogP contribution in [-0.2, 0) is 11.8 Å². The predicted molar refractivity (Wildman–Crippen MR) is 40.5 cm³/mol. The quantitative estimate of drug-likeness (QED) is 0.441. The first-order valence-electron chi connectivity index (χ1n) is 3.01. The van der Waals surface area contributed by atoms with Gasteiger partial charge in [0.05, 0.1) is 5.69 Å². The highest BCUT2D eigenvalue weighted by Gasteiger charge is 1.98. The Balaban J connectivity index is 3.04. The van der Waals surface area contributed by atoms with Crippen molar-refractivity contribution in [1.82, 2.24) is 4.57 Å². The van der Waals surface area contributed by atoms with E-state index in [0.717, 1.165) is 12.0 Å². The number of hydrogen-bond acceptors (Lipinski definition) is 1. The second-order valence-corrected chi connectivity index (χ2v) is 2.15. The molecule has 0 radical (unpaired) electrons. The van der Waals surface area contributed by atoms with Crippen LogP contribution in [0.2, 0.25) is 0 Å². The van der Waals surface area contributed by atoms with Gasteiger partial charge in [-0.1, -0.05) is 6.58 Å². The number of hydrogen-bond donors (Lipinski definition) is 0. The Kier molecular flexibility index (Phi) is 1.71. The zero-order chi connectivity index (χ0) is 7.56. The summed E-state index contributed by atoms with van der Waals surface area (Å²) in [5.41, 5.74) is 1.39. The molecule has 2 nitrogen and oxygen atoms in total. The van der Waals surface area contributed by atoms with Crippen molar-refractivity contribution >= 4 is 11.9 Å². The van der Waals surface area contributed by atoms with Crippen molar-refractivity contribution in [3.63, 3.8) is 0 Å². The molecule has 0 aromatic carbocycles. The summed E-state index contributed by atoms with van der Waals surface area (Å²) in [6.07, 6.45) is 2.64. The van der Waals surface area contributed by atoms with Crippen molar-refractivity contribution in [3.8, 4) is 0 Å². The van der Waals surface area contributed by atoms with Crippen molar-refractivity contribution in [2.75, 3.05) is 0 Å². The van der Waals surface area contributed by atoms with E-state index < -0.39 is 0 Å². The molecule has 1 rings (SSSR count). The van der Waals surface area contributed by atoms with Crippen molar-refractivity contribution in [3.05, 3.63) is 30.6 Å². The minimum absolute atomic E-state index is 0.521. The smallest absolute Gasteiger partial charge is 0.151 e. The minimum atomic E-state index is 0.521. The standard InChI is InChI=1S/C8H9NO/c1-7(6-10)8-4-3-5-9(8)2/h3-6H,1H2,2H3. The maximum absolute atomic E-state index is 10.2. The van der Waals surface area contributed by atoms with Crippen LogP contribution in [0.1, 0.15) is 5.69 Å². The maximum Gasteiger partial charge on any atom is 0.151 e. The third kappa shape index (κ3) is 1.00. The molecule has 1 aromatic rings. The second-order valence-electron chi connectivity index (χ2n) is 2.15. The molecular weight excluding hydrogens is 126 g/mol. The molecule has 0 aliphatic rings. The molecular formula is C8H9NO. The van der Waals surface area contributed by atoms with Gasteiger partial charge in [-0.3, -0.25) is 4.79 Å². The fourth-order valence-corrected chi connectivity index (χ4v) is 0.855. The van der Waals surface area contributed by atoms with Gasteiger partial charge in [0, 0.05) is 18.8 Å². The van der Waals surface area contributed by atoms with E-state index in [2.05, 4.69) is 6.58 Å². The Morgan fingerprint density at radius 3 is 2.90 bits per heavy atom. The van der Waals surface area contributed by atoms with E-state index in [1.54, 1.807) is 0 Å². The maximum atomic E-state index is 10.2. The highest BCUT2D eigenvalue weighted by atomic mass is 16.1. The van der Waals surface area contributed by atoms with Crippen molar-refractivity contribution < 1.29 is 4.79 Å². The lowest BCUT2D eigenvalue weighted by Crippen LogP contribution is -1.93. The van der Waals surface area contributed by atoms with Gasteiger partial charge in [-0.2, -0.15) is 0 Å². The van der Waals surface area contributed by atoms with E-state index in [4.69, 9.17) is 0 Å². The summed E-state index contributed by atoms with van der Waals surface area (Å²) in [5.74, 6) is 0. The van der Waals surface area contributed by atoms with E-state index >= 15 is 0 Å². The molecule has 52 valence electrons. The minimum Gasteiger partial charge on any atom is -0.350 e. The van der Waals surface area contributed by atoms with Crippen LogP contribution in [0.5, 0.6) is 0 Å². The Morgan fingerprint density at radius 2 is 2.50 bits per heavy atom. The van der Waals surface area contributed by atoms with Crippen LogP contribution in [0.15, 0.2) is 24.9 Å². The van der Waals surface area contributed by atoms with E-state index in [1.807, 2.05) is 29.9 Å². The van der Waals surface area contributed by atoms with Gasteiger partial charge >= 0.3 is 0 Å². The lowest BCUT2D eigenvalue weighted by molar-refractivity contribution is -0.103. The average molecular weight is 135 g/mol. The first-order valence-corrected chi connectivity index (χ1v) is 3.01. The molecule has 0 fully saturated rings. The third-order valence-corrected chi connectivity index (χ3v) is 1.42. The predicted octanol–water partition coefficient (Wildman–Crippen LogP) is 1.24. The molecule has 0 aliphatic carbocycles. The Morgan fingerprint density at radius 1 is 1.80 bits per heavy atom. The first kappa shape index (κ1) is 6.81. The molecule has 1 aromatic heterocycles. The third-order valence-electron chi connectivity index (χ3n) is 1.42. The first-order chi connectivity index (χ1) is 4.75. The van der Waals surface area contributed by atoms with Crippen molar-refractivity contribution in [1.29, 1.82) is 0 Å². The average Bonchev–Trinajstić information content (AvgIpc) is 2.34. The van der Waals surface area contributed by atoms with Crippen LogP contribution in [0, 0.1) is 0 Å². The topological polar surface area (TPSA) is 22.0 Å². The summed E-state index contributed by atoms with van der Waals surface area (Å²) < 4.78 is 1.86. The zero-order valence-electron chi connectivity index (χ0n) is 5.87. The molecule has 0 saturated carbocycles. The number of carbonyl (C=O) groups excluding carboxylic acids is 1. The summed E-state index contributed by atoms with van der Waals surface area (Å²) in [6.45, 7) is 3.59. The molecule has 1 heterocycles. The lowest BCUT2D eigenvalue weighted by Gasteiger charge is -1.98. The highest BCUT2D eigenvalue weighted by molar-refractivity contribution is 6.04. The molecule has 0 spiro atoms. The van der Waals surface area contributed by atoms with Crippen LogP contribution in [-0.4, -0.2) is 10.9 Å². The normalized spacial score (nSPS) is 9.30. The highest BCUT2D eigenvalue weighted by Crippen LogP contribution is 2.08. The van der Waals surface area contributed by atoms with E-state index in [0.29, 0.717) is 5.57 Å². The largest absolute Gasteiger partial charge is 0.350 e. The number of allylic oxidation sites excluding steroid dienone is 1. The van der Waals surface area contributed by atoms with Gasteiger partial charge in [-0.05, 0) is 12.1 Å². The number of rotatable bonds is 2. The number of carbonyl (C=O) groups is 1. The summed E-state index contributed by atoms with van der Waals surface area (Å²) in [4.78, 5) is 10.2. The van der Waals surface area contributed by atoms with E-state index in [9.17, 15) is 4.79 Å². The second kappa shape index (κ2) is 2.52. The number of aldehydes is 1. The fourth-order valence-electron chi connectivity index (χ4n) is 0.855. The van der Waals surface area contributed by atoms with Gasteiger partial charge in [0.25, 0.3) is 0 Å². The Labute approximate surface area is 59.8 Å². The molecule has 10 heavy (non-hydrogen) atoms. The van der Waals surface area contributed by atoms with Gasteiger partial charge < -0.3 is 4.57 Å². The van der Waals surface area contributed by atoms with Gasteiger partial charge in [0.15, 0.2) is 6.29 Å². The van der Waals surface area contributed by atoms with Gasteiger partial charge in [0.2, 0.25) is 0 Å². The molecule has 0 saturated heterocycles. The molecule has 2 heteroatoms. The fraction of sp³-hybridized carbons (Fsp3) is 0.125. The summed E-state index contributed by atoms with van der Waals surface area (Å²) in [6, 6.07) is 3.74. The number of aromatic nitrogens is 1. The molecule has 0 bridgehead atoms. The Hall–Kier alpha value is -1.31. The van der Waals surface area contributed by atoms with E-state index in [1.165, 1.54) is 0 Å². The van der Waals surface area contributed by atoms with Crippen molar-refractivity contribution in [2.45, 2.75) is 0 Å². The monoisotopic (exact) mass is 135 g/mol. The zero-order valence-corrected chi connectivity index (χ0v) is 5.87. The molecule has 0 aliphatic heterocycles. The molecule has 0 amide bonds. The van der Waals surface area contributed by atoms with Gasteiger partial charge in [-0.15, -0.1) is 0 Å². The Bertz CT molecular complexity index is 260. The van der Waals surface area contributed by atoms with Crippen molar-refractivity contribution in [2.24, 2.45) is 7.05 Å². The van der Waals surface area contributed by atoms with Crippen LogP contribution in [0.4, 0.5) is 0 Å². The van der Waals surface area contributed by atoms with Crippen LogP contribution >= 0.6 is 0 Å². The lowest BCUT2D eigenvalue weighted by atomic mass is 10.2. The summed E-state index contributed by atoms with van der Waals surface area (Å²) in [7, 11) is 1.88. The SMILES string of the molecule is C=C(C=O)c1cccn1C. The molecule has 0 unspecified atom stereocenters. The molecule has 0 N–H and O–H groups in total.